The first kappa shape index (κ1) is 20.4. The molecule has 0 bridgehead atoms. The first-order valence-corrected chi connectivity index (χ1v) is 10.5. The maximum atomic E-state index is 5.67. The van der Waals surface area contributed by atoms with Crippen LogP contribution in [-0.2, 0) is 17.7 Å². The molecule has 0 spiro atoms. The monoisotopic (exact) mass is 383 g/mol. The van der Waals surface area contributed by atoms with Crippen molar-refractivity contribution < 1.29 is 4.74 Å². The average Bonchev–Trinajstić information content (AvgIpc) is 3.44. The van der Waals surface area contributed by atoms with E-state index in [0.717, 1.165) is 69.9 Å². The molecule has 1 fully saturated rings. The highest BCUT2D eigenvalue weighted by molar-refractivity contribution is 5.79. The minimum atomic E-state index is 0.780. The fraction of sp³-hybridized carbons (Fsp3) is 0.545. The zero-order valence-corrected chi connectivity index (χ0v) is 16.9. The molecule has 6 nitrogen and oxygen atoms in total. The molecule has 0 unspecified atom stereocenters. The number of nitrogens with zero attached hydrogens (tertiary/aromatic N) is 3. The molecule has 0 atom stereocenters. The van der Waals surface area contributed by atoms with E-state index in [2.05, 4.69) is 56.4 Å². The molecule has 0 amide bonds. The lowest BCUT2D eigenvalue weighted by atomic mass is 10.2. The second kappa shape index (κ2) is 11.5. The van der Waals surface area contributed by atoms with Crippen molar-refractivity contribution in [2.75, 3.05) is 32.8 Å². The summed E-state index contributed by atoms with van der Waals surface area (Å²) in [5.41, 5.74) is 1.29. The van der Waals surface area contributed by atoms with Crippen LogP contribution in [-0.4, -0.2) is 48.4 Å². The molecule has 28 heavy (non-hydrogen) atoms. The van der Waals surface area contributed by atoms with Gasteiger partial charge in [-0.1, -0.05) is 30.3 Å². The maximum absolute atomic E-state index is 5.67. The SMILES string of the molecule is CCNC(=NCCCOCC1CC1)NCCc1nccn1Cc1ccccc1. The molecular formula is C22H33N5O. The van der Waals surface area contributed by atoms with Gasteiger partial charge in [-0.05, 0) is 37.7 Å². The van der Waals surface area contributed by atoms with Crippen LogP contribution in [0.3, 0.4) is 0 Å². The third-order valence-corrected chi connectivity index (χ3v) is 4.75. The first-order valence-electron chi connectivity index (χ1n) is 10.5. The molecule has 2 aromatic rings. The van der Waals surface area contributed by atoms with E-state index in [1.165, 1.54) is 18.4 Å². The second-order valence-electron chi connectivity index (χ2n) is 7.27. The Morgan fingerprint density at radius 1 is 1.25 bits per heavy atom. The zero-order chi connectivity index (χ0) is 19.4. The lowest BCUT2D eigenvalue weighted by Crippen LogP contribution is -2.38. The van der Waals surface area contributed by atoms with Gasteiger partial charge in [-0.2, -0.15) is 0 Å². The van der Waals surface area contributed by atoms with Gasteiger partial charge in [0.2, 0.25) is 0 Å². The van der Waals surface area contributed by atoms with Gasteiger partial charge in [-0.15, -0.1) is 0 Å². The van der Waals surface area contributed by atoms with Gasteiger partial charge in [0, 0.05) is 58.2 Å². The highest BCUT2D eigenvalue weighted by Gasteiger charge is 2.20. The number of nitrogens with one attached hydrogen (secondary N) is 2. The number of guanidine groups is 1. The van der Waals surface area contributed by atoms with Gasteiger partial charge < -0.3 is 19.9 Å². The third kappa shape index (κ3) is 7.35. The summed E-state index contributed by atoms with van der Waals surface area (Å²) in [6, 6.07) is 10.5. The van der Waals surface area contributed by atoms with E-state index in [9.17, 15) is 0 Å². The topological polar surface area (TPSA) is 63.5 Å². The first-order chi connectivity index (χ1) is 13.8. The highest BCUT2D eigenvalue weighted by atomic mass is 16.5. The largest absolute Gasteiger partial charge is 0.381 e. The molecular weight excluding hydrogens is 350 g/mol. The molecule has 1 aliphatic carbocycles. The van der Waals surface area contributed by atoms with Crippen molar-refractivity contribution in [1.82, 2.24) is 20.2 Å². The minimum absolute atomic E-state index is 0.780. The van der Waals surface area contributed by atoms with Crippen LogP contribution >= 0.6 is 0 Å². The summed E-state index contributed by atoms with van der Waals surface area (Å²) >= 11 is 0. The second-order valence-corrected chi connectivity index (χ2v) is 7.27. The Labute approximate surface area is 168 Å². The summed E-state index contributed by atoms with van der Waals surface area (Å²) in [7, 11) is 0. The summed E-state index contributed by atoms with van der Waals surface area (Å²) in [5, 5.41) is 6.72. The Balaban J connectivity index is 1.39. The van der Waals surface area contributed by atoms with Crippen LogP contribution in [0.25, 0.3) is 0 Å². The summed E-state index contributed by atoms with van der Waals surface area (Å²) in [4.78, 5) is 9.16. The predicted octanol–water partition coefficient (Wildman–Crippen LogP) is 2.85. The molecule has 6 heteroatoms. The summed E-state index contributed by atoms with van der Waals surface area (Å²) < 4.78 is 7.88. The summed E-state index contributed by atoms with van der Waals surface area (Å²) in [6.07, 6.45) is 8.43. The van der Waals surface area contributed by atoms with Crippen LogP contribution in [0.5, 0.6) is 0 Å². The van der Waals surface area contributed by atoms with Crippen molar-refractivity contribution in [3.05, 3.63) is 54.1 Å². The molecule has 0 aliphatic heterocycles. The fourth-order valence-electron chi connectivity index (χ4n) is 3.02. The normalized spacial score (nSPS) is 14.2. The van der Waals surface area contributed by atoms with Crippen LogP contribution in [0.15, 0.2) is 47.7 Å². The molecule has 2 N–H and O–H groups in total. The molecule has 1 saturated carbocycles. The van der Waals surface area contributed by atoms with Gasteiger partial charge in [0.1, 0.15) is 5.82 Å². The van der Waals surface area contributed by atoms with E-state index >= 15 is 0 Å². The van der Waals surface area contributed by atoms with E-state index in [1.807, 2.05) is 18.5 Å². The van der Waals surface area contributed by atoms with E-state index in [0.29, 0.717) is 0 Å². The van der Waals surface area contributed by atoms with Crippen molar-refractivity contribution in [3.8, 4) is 0 Å². The quantitative estimate of drug-likeness (QED) is 0.336. The lowest BCUT2D eigenvalue weighted by Gasteiger charge is -2.12. The number of hydrogen-bond acceptors (Lipinski definition) is 3. The van der Waals surface area contributed by atoms with Gasteiger partial charge in [-0.3, -0.25) is 4.99 Å². The number of aliphatic imine (C=N–C) groups is 1. The Bertz CT molecular complexity index is 709. The van der Waals surface area contributed by atoms with Gasteiger partial charge in [0.15, 0.2) is 5.96 Å². The van der Waals surface area contributed by atoms with E-state index in [1.54, 1.807) is 0 Å². The minimum Gasteiger partial charge on any atom is -0.381 e. The number of aromatic nitrogens is 2. The Kier molecular flexibility index (Phi) is 8.37. The lowest BCUT2D eigenvalue weighted by molar-refractivity contribution is 0.123. The van der Waals surface area contributed by atoms with Crippen LogP contribution in [0.4, 0.5) is 0 Å². The van der Waals surface area contributed by atoms with Gasteiger partial charge in [-0.25, -0.2) is 4.98 Å². The Morgan fingerprint density at radius 2 is 2.11 bits per heavy atom. The molecule has 1 heterocycles. The zero-order valence-electron chi connectivity index (χ0n) is 16.9. The van der Waals surface area contributed by atoms with Gasteiger partial charge >= 0.3 is 0 Å². The van der Waals surface area contributed by atoms with Gasteiger partial charge in [0.25, 0.3) is 0 Å². The number of hydrogen-bond donors (Lipinski definition) is 2. The Hall–Kier alpha value is -2.34. The molecule has 1 aromatic heterocycles. The van der Waals surface area contributed by atoms with Crippen molar-refractivity contribution in [2.45, 2.75) is 39.2 Å². The third-order valence-electron chi connectivity index (χ3n) is 4.75. The van der Waals surface area contributed by atoms with Crippen molar-refractivity contribution in [2.24, 2.45) is 10.9 Å². The van der Waals surface area contributed by atoms with Crippen molar-refractivity contribution in [1.29, 1.82) is 0 Å². The van der Waals surface area contributed by atoms with Crippen molar-refractivity contribution >= 4 is 5.96 Å². The van der Waals surface area contributed by atoms with Crippen LogP contribution in [0.2, 0.25) is 0 Å². The molecule has 0 saturated heterocycles. The van der Waals surface area contributed by atoms with Crippen LogP contribution < -0.4 is 10.6 Å². The van der Waals surface area contributed by atoms with Crippen molar-refractivity contribution in [3.63, 3.8) is 0 Å². The molecule has 0 radical (unpaired) electrons. The Morgan fingerprint density at radius 3 is 2.89 bits per heavy atom. The number of benzene rings is 1. The van der Waals surface area contributed by atoms with E-state index in [4.69, 9.17) is 4.74 Å². The van der Waals surface area contributed by atoms with E-state index in [-0.39, 0.29) is 0 Å². The standard InChI is InChI=1S/C22H33N5O/c1-2-23-22(25-12-6-16-28-18-20-9-10-20)26-13-11-21-24-14-15-27(21)17-19-7-4-3-5-8-19/h3-5,7-8,14-15,20H,2,6,9-13,16-18H2,1H3,(H2,23,25,26). The van der Waals surface area contributed by atoms with Gasteiger partial charge in [0.05, 0.1) is 0 Å². The molecule has 152 valence electrons. The fourth-order valence-corrected chi connectivity index (χ4v) is 3.02. The molecule has 1 aliphatic rings. The average molecular weight is 384 g/mol. The maximum Gasteiger partial charge on any atom is 0.191 e. The van der Waals surface area contributed by atoms with E-state index < -0.39 is 0 Å². The molecule has 3 rings (SSSR count). The smallest absolute Gasteiger partial charge is 0.191 e. The molecule has 1 aromatic carbocycles. The number of imidazole rings is 1. The van der Waals surface area contributed by atoms with Crippen LogP contribution in [0.1, 0.15) is 37.6 Å². The number of ether oxygens (including phenoxy) is 1. The van der Waals surface area contributed by atoms with Crippen LogP contribution in [0, 0.1) is 5.92 Å². The summed E-state index contributed by atoms with van der Waals surface area (Å²) in [6.45, 7) is 7.10. The summed E-state index contributed by atoms with van der Waals surface area (Å²) in [5.74, 6) is 2.78. The predicted molar refractivity (Wildman–Crippen MR) is 114 cm³/mol. The number of rotatable bonds is 12. The highest BCUT2D eigenvalue weighted by Crippen LogP contribution is 2.28.